The molecule has 120 valence electrons. The Morgan fingerprint density at radius 2 is 2.10 bits per heavy atom. The van der Waals surface area contributed by atoms with Crippen molar-refractivity contribution >= 4 is 21.4 Å². The zero-order valence-corrected chi connectivity index (χ0v) is 15.2. The summed E-state index contributed by atoms with van der Waals surface area (Å²) < 4.78 is 27.3. The zero-order chi connectivity index (χ0) is 16.2. The lowest BCUT2D eigenvalue weighted by molar-refractivity contribution is 0.451. The van der Waals surface area contributed by atoms with E-state index < -0.39 is 10.0 Å². The van der Waals surface area contributed by atoms with Crippen molar-refractivity contribution in [3.05, 3.63) is 28.0 Å². The first-order valence-corrected chi connectivity index (χ1v) is 9.47. The normalized spacial score (nSPS) is 12.3. The Kier molecular flexibility index (Phi) is 6.59. The van der Waals surface area contributed by atoms with Crippen LogP contribution in [0.25, 0.3) is 0 Å². The molecule has 0 aromatic carbocycles. The molecular weight excluding hydrogens is 304 g/mol. The van der Waals surface area contributed by atoms with E-state index in [2.05, 4.69) is 11.9 Å². The highest BCUT2D eigenvalue weighted by atomic mass is 32.2. The van der Waals surface area contributed by atoms with Gasteiger partial charge in [0.05, 0.1) is 0 Å². The topological polar surface area (TPSA) is 49.4 Å². The van der Waals surface area contributed by atoms with Crippen molar-refractivity contribution in [2.24, 2.45) is 0 Å². The predicted octanol–water partition coefficient (Wildman–Crippen LogP) is 3.14. The van der Waals surface area contributed by atoms with Crippen LogP contribution >= 0.6 is 11.3 Å². The quantitative estimate of drug-likeness (QED) is 0.745. The second kappa shape index (κ2) is 7.54. The molecule has 0 spiro atoms. The Balaban J connectivity index is 3.17. The highest BCUT2D eigenvalue weighted by Crippen LogP contribution is 2.29. The van der Waals surface area contributed by atoms with Gasteiger partial charge in [0.25, 0.3) is 0 Å². The summed E-state index contributed by atoms with van der Waals surface area (Å²) in [4.78, 5) is 1.34. The standard InChI is InChI=1S/C15H26N2O2S2/c1-7-17(9-11(2)3)21(18,19)15-13(6)10-20-14(15)8-16-12(4)5/h10,12,16H,2,7-9H2,1,3-6H3. The Morgan fingerprint density at radius 1 is 1.48 bits per heavy atom. The third-order valence-electron chi connectivity index (χ3n) is 3.06. The maximum absolute atomic E-state index is 12.9. The van der Waals surface area contributed by atoms with Gasteiger partial charge < -0.3 is 5.32 Å². The van der Waals surface area contributed by atoms with E-state index in [0.717, 1.165) is 16.0 Å². The lowest BCUT2D eigenvalue weighted by atomic mass is 10.3. The Labute approximate surface area is 132 Å². The van der Waals surface area contributed by atoms with E-state index in [0.29, 0.717) is 30.6 Å². The molecule has 1 rings (SSSR count). The van der Waals surface area contributed by atoms with Gasteiger partial charge in [0.1, 0.15) is 4.90 Å². The molecule has 1 aromatic rings. The van der Waals surface area contributed by atoms with Crippen LogP contribution in [0, 0.1) is 6.92 Å². The number of nitrogens with zero attached hydrogens (tertiary/aromatic N) is 1. The molecule has 0 radical (unpaired) electrons. The van der Waals surface area contributed by atoms with Gasteiger partial charge in [0.15, 0.2) is 0 Å². The van der Waals surface area contributed by atoms with Gasteiger partial charge in [-0.15, -0.1) is 11.3 Å². The maximum atomic E-state index is 12.9. The maximum Gasteiger partial charge on any atom is 0.244 e. The van der Waals surface area contributed by atoms with Gasteiger partial charge in [-0.05, 0) is 24.8 Å². The average Bonchev–Trinajstić information content (AvgIpc) is 2.74. The van der Waals surface area contributed by atoms with E-state index in [1.165, 1.54) is 15.6 Å². The third kappa shape index (κ3) is 4.64. The van der Waals surface area contributed by atoms with E-state index in [1.54, 1.807) is 0 Å². The van der Waals surface area contributed by atoms with Crippen LogP contribution in [0.4, 0.5) is 0 Å². The first kappa shape index (κ1) is 18.4. The summed E-state index contributed by atoms with van der Waals surface area (Å²) in [5.74, 6) is 0. The van der Waals surface area contributed by atoms with E-state index in [9.17, 15) is 8.42 Å². The van der Waals surface area contributed by atoms with Gasteiger partial charge in [-0.2, -0.15) is 4.31 Å². The van der Waals surface area contributed by atoms with Crippen molar-refractivity contribution in [2.75, 3.05) is 13.1 Å². The number of thiophene rings is 1. The second-order valence-corrected chi connectivity index (χ2v) is 8.43. The zero-order valence-electron chi connectivity index (χ0n) is 13.6. The Hall–Kier alpha value is -0.690. The van der Waals surface area contributed by atoms with Gasteiger partial charge in [0, 0.05) is 30.6 Å². The van der Waals surface area contributed by atoms with Gasteiger partial charge >= 0.3 is 0 Å². The molecule has 0 saturated carbocycles. The molecule has 0 aliphatic carbocycles. The lowest BCUT2D eigenvalue weighted by Gasteiger charge is -2.21. The predicted molar refractivity (Wildman–Crippen MR) is 90.3 cm³/mol. The van der Waals surface area contributed by atoms with Crippen LogP contribution in [0.1, 0.15) is 38.1 Å². The summed E-state index contributed by atoms with van der Waals surface area (Å²) in [6.07, 6.45) is 0. The van der Waals surface area contributed by atoms with Crippen molar-refractivity contribution in [1.82, 2.24) is 9.62 Å². The fourth-order valence-electron chi connectivity index (χ4n) is 2.05. The average molecular weight is 331 g/mol. The van der Waals surface area contributed by atoms with Crippen molar-refractivity contribution in [1.29, 1.82) is 0 Å². The summed E-state index contributed by atoms with van der Waals surface area (Å²) in [5.41, 5.74) is 1.66. The minimum Gasteiger partial charge on any atom is -0.310 e. The SMILES string of the molecule is C=C(C)CN(CC)S(=O)(=O)c1c(C)csc1CNC(C)C. The highest BCUT2D eigenvalue weighted by Gasteiger charge is 2.28. The summed E-state index contributed by atoms with van der Waals surface area (Å²) in [6, 6.07) is 0.320. The van der Waals surface area contributed by atoms with Gasteiger partial charge in [0.2, 0.25) is 10.0 Å². The first-order chi connectivity index (χ1) is 9.70. The summed E-state index contributed by atoms with van der Waals surface area (Å²) in [7, 11) is -3.47. The molecule has 1 aromatic heterocycles. The van der Waals surface area contributed by atoms with Crippen LogP contribution in [0.2, 0.25) is 0 Å². The number of hydrogen-bond donors (Lipinski definition) is 1. The molecule has 0 amide bonds. The fraction of sp³-hybridized carbons (Fsp3) is 0.600. The first-order valence-electron chi connectivity index (χ1n) is 7.15. The summed E-state index contributed by atoms with van der Waals surface area (Å²) in [5, 5.41) is 5.21. The fourth-order valence-corrected chi connectivity index (χ4v) is 5.27. The molecule has 1 N–H and O–H groups in total. The van der Waals surface area contributed by atoms with Gasteiger partial charge in [-0.25, -0.2) is 8.42 Å². The van der Waals surface area contributed by atoms with Crippen LogP contribution in [0.3, 0.4) is 0 Å². The van der Waals surface area contributed by atoms with E-state index >= 15 is 0 Å². The number of aryl methyl sites for hydroxylation is 1. The van der Waals surface area contributed by atoms with Gasteiger partial charge in [-0.1, -0.05) is 32.9 Å². The highest BCUT2D eigenvalue weighted by molar-refractivity contribution is 7.89. The molecule has 1 heterocycles. The van der Waals surface area contributed by atoms with E-state index in [-0.39, 0.29) is 0 Å². The molecule has 6 heteroatoms. The van der Waals surface area contributed by atoms with Crippen molar-refractivity contribution in [3.63, 3.8) is 0 Å². The minimum absolute atomic E-state index is 0.320. The molecule has 0 saturated heterocycles. The van der Waals surface area contributed by atoms with Crippen LogP contribution in [-0.4, -0.2) is 31.9 Å². The number of hydrogen-bond acceptors (Lipinski definition) is 4. The Bertz CT molecular complexity index is 589. The molecule has 0 aliphatic rings. The third-order valence-corrected chi connectivity index (χ3v) is 6.44. The molecule has 0 bridgehead atoms. The number of rotatable bonds is 8. The van der Waals surface area contributed by atoms with Crippen molar-refractivity contribution in [2.45, 2.75) is 52.1 Å². The number of nitrogens with one attached hydrogen (secondary N) is 1. The largest absolute Gasteiger partial charge is 0.310 e. The van der Waals surface area contributed by atoms with Crippen LogP contribution in [0.15, 0.2) is 22.4 Å². The monoisotopic (exact) mass is 330 g/mol. The lowest BCUT2D eigenvalue weighted by Crippen LogP contribution is -2.33. The smallest absolute Gasteiger partial charge is 0.244 e. The van der Waals surface area contributed by atoms with Crippen LogP contribution < -0.4 is 5.32 Å². The number of likely N-dealkylation sites (N-methyl/N-ethyl adjacent to an activating group) is 1. The van der Waals surface area contributed by atoms with Crippen molar-refractivity contribution < 1.29 is 8.42 Å². The second-order valence-electron chi connectivity index (χ2n) is 5.59. The molecule has 0 aliphatic heterocycles. The van der Waals surface area contributed by atoms with Gasteiger partial charge in [-0.3, -0.25) is 0 Å². The van der Waals surface area contributed by atoms with Crippen LogP contribution in [0.5, 0.6) is 0 Å². The molecule has 0 unspecified atom stereocenters. The molecule has 21 heavy (non-hydrogen) atoms. The van der Waals surface area contributed by atoms with E-state index in [1.807, 2.05) is 40.0 Å². The number of sulfonamides is 1. The molecule has 0 fully saturated rings. The molecule has 0 atom stereocenters. The van der Waals surface area contributed by atoms with Crippen molar-refractivity contribution in [3.8, 4) is 0 Å². The molecule has 4 nitrogen and oxygen atoms in total. The molecular formula is C15H26N2O2S2. The summed E-state index contributed by atoms with van der Waals surface area (Å²) in [6.45, 7) is 14.9. The minimum atomic E-state index is -3.47. The summed E-state index contributed by atoms with van der Waals surface area (Å²) >= 11 is 1.50. The Morgan fingerprint density at radius 3 is 2.57 bits per heavy atom. The van der Waals surface area contributed by atoms with E-state index in [4.69, 9.17) is 0 Å². The van der Waals surface area contributed by atoms with Crippen LogP contribution in [-0.2, 0) is 16.6 Å².